The fourth-order valence-electron chi connectivity index (χ4n) is 11.2. The number of ether oxygens (including phenoxy) is 6. The lowest BCUT2D eigenvalue weighted by Crippen LogP contribution is -2.70. The zero-order valence-corrected chi connectivity index (χ0v) is 51.2. The molecule has 3 rings (SSSR count). The summed E-state index contributed by atoms with van der Waals surface area (Å²) >= 11 is 0. The van der Waals surface area contributed by atoms with Crippen molar-refractivity contribution < 1.29 is 104 Å². The van der Waals surface area contributed by atoms with E-state index in [1.54, 1.807) is 6.08 Å². The number of hydrogen-bond acceptors (Lipinski definition) is 20. The maximum atomic E-state index is 13.4. The lowest BCUT2D eigenvalue weighted by molar-refractivity contribution is -0.386. The van der Waals surface area contributed by atoms with E-state index < -0.39 is 155 Å². The molecule has 23 nitrogen and oxygen atoms in total. The van der Waals surface area contributed by atoms with Gasteiger partial charge in [-0.25, -0.2) is 4.79 Å². The van der Waals surface area contributed by atoms with Crippen molar-refractivity contribution in [3.05, 3.63) is 24.3 Å². The molecule has 3 heterocycles. The van der Waals surface area contributed by atoms with Crippen molar-refractivity contribution in [3.63, 3.8) is 0 Å². The van der Waals surface area contributed by atoms with Gasteiger partial charge in [0, 0.05) is 19.8 Å². The van der Waals surface area contributed by atoms with Crippen LogP contribution in [0.4, 0.5) is 0 Å². The predicted octanol–water partition coefficient (Wildman–Crippen LogP) is 4.11. The lowest BCUT2D eigenvalue weighted by atomic mass is 9.88. The van der Waals surface area contributed by atoms with Gasteiger partial charge in [-0.05, 0) is 44.9 Å². The smallest absolute Gasteiger partial charge is 0.364 e. The monoisotopic (exact) mass is 1220 g/mol. The summed E-state index contributed by atoms with van der Waals surface area (Å²) in [6.07, 6.45) is 10.9. The SMILES string of the molecule is CCCCCCCCCCC/C=C\CCCCCCCC(=O)NC(COC1OC(CO)C(OC2OC(CO)C(O)C(OC3(C(=O)O)CC(O)C(NC(C)=O)C(C(O)C(O)CO)O3)C2O)C(O)C1O)C(O)/C=C/CCCCCCCCCCCCC. The number of nitrogens with one attached hydrogen (secondary N) is 2. The van der Waals surface area contributed by atoms with Crippen LogP contribution in [0.5, 0.6) is 0 Å². The molecule has 2 amide bonds. The number of hydrogen-bond donors (Lipinski definition) is 14. The summed E-state index contributed by atoms with van der Waals surface area (Å²) in [6.45, 7) is 2.10. The zero-order valence-electron chi connectivity index (χ0n) is 51.2. The number of carboxylic acids is 1. The molecule has 0 saturated carbocycles. The minimum atomic E-state index is -3.08. The molecule has 3 aliphatic rings. The second-order valence-corrected chi connectivity index (χ2v) is 23.6. The molecule has 0 aromatic rings. The van der Waals surface area contributed by atoms with E-state index in [0.717, 1.165) is 64.7 Å². The van der Waals surface area contributed by atoms with E-state index in [1.807, 2.05) is 6.08 Å². The molecule has 18 atom stereocenters. The van der Waals surface area contributed by atoms with Crippen LogP contribution < -0.4 is 10.6 Å². The van der Waals surface area contributed by atoms with Crippen molar-refractivity contribution in [2.24, 2.45) is 0 Å². The third-order valence-electron chi connectivity index (χ3n) is 16.4. The van der Waals surface area contributed by atoms with E-state index in [1.165, 1.54) is 109 Å². The Hall–Kier alpha value is -2.79. The van der Waals surface area contributed by atoms with E-state index in [0.29, 0.717) is 12.8 Å². The Morgan fingerprint density at radius 2 is 1.11 bits per heavy atom. The van der Waals surface area contributed by atoms with Crippen molar-refractivity contribution in [3.8, 4) is 0 Å². The van der Waals surface area contributed by atoms with Gasteiger partial charge in [0.25, 0.3) is 5.79 Å². The topological polar surface area (TPSA) is 373 Å². The van der Waals surface area contributed by atoms with Crippen molar-refractivity contribution in [1.29, 1.82) is 0 Å². The molecule has 85 heavy (non-hydrogen) atoms. The molecular weight excluding hydrogens is 1110 g/mol. The number of aliphatic carboxylic acids is 1. The molecular formula is C62H112N2O21. The van der Waals surface area contributed by atoms with Gasteiger partial charge in [0.05, 0.1) is 50.7 Å². The number of allylic oxidation sites excluding steroid dienone is 3. The molecule has 0 spiro atoms. The van der Waals surface area contributed by atoms with Crippen molar-refractivity contribution in [2.45, 2.75) is 323 Å². The first-order valence-electron chi connectivity index (χ1n) is 32.2. The fourth-order valence-corrected chi connectivity index (χ4v) is 11.2. The molecule has 0 aromatic heterocycles. The van der Waals surface area contributed by atoms with Gasteiger partial charge >= 0.3 is 5.97 Å². The zero-order chi connectivity index (χ0) is 62.6. The second kappa shape index (κ2) is 43.8. The largest absolute Gasteiger partial charge is 0.477 e. The van der Waals surface area contributed by atoms with Crippen molar-refractivity contribution >= 4 is 17.8 Å². The molecule has 3 saturated heterocycles. The highest BCUT2D eigenvalue weighted by atomic mass is 16.8. The average molecular weight is 1220 g/mol. The number of carbonyl (C=O) groups excluding carboxylic acids is 2. The van der Waals surface area contributed by atoms with Crippen LogP contribution in [0.15, 0.2) is 24.3 Å². The van der Waals surface area contributed by atoms with Gasteiger partial charge in [-0.15, -0.1) is 0 Å². The molecule has 0 bridgehead atoms. The standard InChI is InChI=1S/C62H112N2O21/c1-4-6-8-10-12-14-16-18-19-20-21-22-24-26-28-30-32-34-36-49(72)64-43(44(69)35-33-31-29-27-25-23-17-15-13-11-9-7-5-2)41-80-59-54(76)53(75)56(48(40-67)82-59)83-60-55(77)58(52(74)47(39-66)81-60)85-62(61(78)79)37-45(70)50(63-42(3)68)57(84-62)51(73)46(71)38-65/h21-22,33,35,43-48,50-60,65-67,69-71,73-77H,4-20,23-32,34,36-41H2,1-3H3,(H,63,68)(H,64,72)(H,78,79)/b22-21-,35-33+. The van der Waals surface area contributed by atoms with Crippen LogP contribution in [0, 0.1) is 0 Å². The molecule has 3 fully saturated rings. The molecule has 18 unspecified atom stereocenters. The van der Waals surface area contributed by atoms with E-state index >= 15 is 0 Å². The Morgan fingerprint density at radius 1 is 0.612 bits per heavy atom. The Bertz CT molecular complexity index is 1830. The summed E-state index contributed by atoms with van der Waals surface area (Å²) in [5.74, 6) is -6.15. The second-order valence-electron chi connectivity index (χ2n) is 23.6. The van der Waals surface area contributed by atoms with Crippen LogP contribution in [0.3, 0.4) is 0 Å². The van der Waals surface area contributed by atoms with Crippen LogP contribution in [0.1, 0.15) is 213 Å². The van der Waals surface area contributed by atoms with Crippen LogP contribution >= 0.6 is 0 Å². The third kappa shape index (κ3) is 27.5. The number of carbonyl (C=O) groups is 3. The lowest BCUT2D eigenvalue weighted by Gasteiger charge is -2.50. The van der Waals surface area contributed by atoms with Crippen molar-refractivity contribution in [1.82, 2.24) is 10.6 Å². The Kier molecular flexibility index (Phi) is 39.4. The minimum absolute atomic E-state index is 0.191. The Labute approximate surface area is 504 Å². The fraction of sp³-hybridized carbons (Fsp3) is 0.887. The third-order valence-corrected chi connectivity index (χ3v) is 16.4. The summed E-state index contributed by atoms with van der Waals surface area (Å²) in [7, 11) is 0. The van der Waals surface area contributed by atoms with Gasteiger partial charge in [-0.3, -0.25) is 9.59 Å². The first kappa shape index (κ1) is 76.5. The molecule has 0 aliphatic carbocycles. The Morgan fingerprint density at radius 3 is 1.60 bits per heavy atom. The van der Waals surface area contributed by atoms with Crippen LogP contribution in [0.25, 0.3) is 0 Å². The molecule has 496 valence electrons. The van der Waals surface area contributed by atoms with Gasteiger partial charge in [-0.2, -0.15) is 0 Å². The van der Waals surface area contributed by atoms with Crippen molar-refractivity contribution in [2.75, 3.05) is 26.4 Å². The number of amides is 2. The van der Waals surface area contributed by atoms with E-state index in [9.17, 15) is 75.7 Å². The summed E-state index contributed by atoms with van der Waals surface area (Å²) in [5, 5.41) is 136. The van der Waals surface area contributed by atoms with Crippen LogP contribution in [-0.2, 0) is 42.8 Å². The molecule has 14 N–H and O–H groups in total. The summed E-state index contributed by atoms with van der Waals surface area (Å²) in [6, 6.07) is -2.62. The average Bonchev–Trinajstić information content (AvgIpc) is 1.28. The van der Waals surface area contributed by atoms with Gasteiger partial charge in [0.1, 0.15) is 67.1 Å². The number of aliphatic hydroxyl groups is 11. The molecule has 3 aliphatic heterocycles. The highest BCUT2D eigenvalue weighted by Crippen LogP contribution is 2.38. The van der Waals surface area contributed by atoms with Gasteiger partial charge in [0.2, 0.25) is 11.8 Å². The summed E-state index contributed by atoms with van der Waals surface area (Å²) < 4.78 is 34.7. The number of rotatable bonds is 47. The molecule has 23 heteroatoms. The number of unbranched alkanes of at least 4 members (excludes halogenated alkanes) is 25. The van der Waals surface area contributed by atoms with Crippen LogP contribution in [-0.4, -0.2) is 215 Å². The normalized spacial score (nSPS) is 29.7. The quantitative estimate of drug-likeness (QED) is 0.0301. The maximum Gasteiger partial charge on any atom is 0.364 e. The van der Waals surface area contributed by atoms with E-state index in [4.69, 9.17) is 28.4 Å². The summed E-state index contributed by atoms with van der Waals surface area (Å²) in [5.41, 5.74) is 0. The van der Waals surface area contributed by atoms with E-state index in [-0.39, 0.29) is 12.3 Å². The maximum absolute atomic E-state index is 13.4. The van der Waals surface area contributed by atoms with E-state index in [2.05, 4.69) is 36.6 Å². The van der Waals surface area contributed by atoms with Gasteiger partial charge < -0.3 is 100 Å². The number of carboxylic acid groups (broad SMARTS) is 1. The minimum Gasteiger partial charge on any atom is -0.477 e. The summed E-state index contributed by atoms with van der Waals surface area (Å²) in [4.78, 5) is 38.4. The highest BCUT2D eigenvalue weighted by molar-refractivity contribution is 5.77. The predicted molar refractivity (Wildman–Crippen MR) is 315 cm³/mol. The number of aliphatic hydroxyl groups excluding tert-OH is 11. The molecule has 0 radical (unpaired) electrons. The van der Waals surface area contributed by atoms with Crippen LogP contribution in [0.2, 0.25) is 0 Å². The first-order chi connectivity index (χ1) is 40.9. The van der Waals surface area contributed by atoms with Gasteiger partial charge in [-0.1, -0.05) is 173 Å². The molecule has 0 aromatic carbocycles. The highest BCUT2D eigenvalue weighted by Gasteiger charge is 2.60. The first-order valence-corrected chi connectivity index (χ1v) is 32.2. The Balaban J connectivity index is 1.64. The van der Waals surface area contributed by atoms with Gasteiger partial charge in [0.15, 0.2) is 12.6 Å².